The Morgan fingerprint density at radius 1 is 1.47 bits per heavy atom. The van der Waals surface area contributed by atoms with Crippen LogP contribution in [0.2, 0.25) is 4.34 Å². The van der Waals surface area contributed by atoms with Gasteiger partial charge in [-0.25, -0.2) is 0 Å². The molecule has 0 radical (unpaired) electrons. The van der Waals surface area contributed by atoms with E-state index in [1.807, 2.05) is 0 Å². The highest BCUT2D eigenvalue weighted by atomic mass is 35.5. The normalized spacial score (nSPS) is 18.1. The average molecular weight is 246 g/mol. The first-order valence-electron chi connectivity index (χ1n) is 4.89. The topological polar surface area (TPSA) is 40.5 Å². The lowest BCUT2D eigenvalue weighted by Crippen LogP contribution is -2.39. The van der Waals surface area contributed by atoms with Gasteiger partial charge in [0.15, 0.2) is 0 Å². The van der Waals surface area contributed by atoms with Gasteiger partial charge in [0, 0.05) is 13.1 Å². The predicted molar refractivity (Wildman–Crippen MR) is 60.5 cm³/mol. The van der Waals surface area contributed by atoms with Crippen molar-refractivity contribution in [2.45, 2.75) is 18.9 Å². The average Bonchev–Trinajstić information content (AvgIpc) is 2.65. The van der Waals surface area contributed by atoms with E-state index in [4.69, 9.17) is 11.6 Å². The third kappa shape index (κ3) is 2.51. The Labute approximate surface area is 97.3 Å². The number of hydrogen-bond donors (Lipinski definition) is 1. The third-order valence-corrected chi connectivity index (χ3v) is 3.75. The number of hydrogen-bond acceptors (Lipinski definition) is 3. The highest BCUT2D eigenvalue weighted by Crippen LogP contribution is 2.23. The second-order valence-electron chi connectivity index (χ2n) is 3.63. The Morgan fingerprint density at radius 2 is 2.13 bits per heavy atom. The van der Waals surface area contributed by atoms with Crippen LogP contribution in [0.4, 0.5) is 0 Å². The number of carbonyl (C=O) groups excluding carboxylic acids is 1. The fourth-order valence-electron chi connectivity index (χ4n) is 1.65. The molecule has 5 heteroatoms. The zero-order valence-electron chi connectivity index (χ0n) is 8.15. The zero-order chi connectivity index (χ0) is 10.8. The van der Waals surface area contributed by atoms with Crippen molar-refractivity contribution in [2.24, 2.45) is 0 Å². The Bertz CT molecular complexity index is 358. The molecule has 0 aromatic carbocycles. The molecule has 1 saturated heterocycles. The highest BCUT2D eigenvalue weighted by Gasteiger charge is 2.23. The van der Waals surface area contributed by atoms with E-state index in [0.717, 1.165) is 0 Å². The molecule has 0 spiro atoms. The van der Waals surface area contributed by atoms with Crippen molar-refractivity contribution in [2.75, 3.05) is 13.1 Å². The first-order valence-corrected chi connectivity index (χ1v) is 6.09. The van der Waals surface area contributed by atoms with Crippen LogP contribution in [-0.4, -0.2) is 35.1 Å². The van der Waals surface area contributed by atoms with Gasteiger partial charge in [-0.15, -0.1) is 11.3 Å². The summed E-state index contributed by atoms with van der Waals surface area (Å²) in [7, 11) is 0. The van der Waals surface area contributed by atoms with Crippen LogP contribution in [0.1, 0.15) is 22.5 Å². The molecule has 1 amide bonds. The van der Waals surface area contributed by atoms with E-state index in [9.17, 15) is 9.90 Å². The van der Waals surface area contributed by atoms with Gasteiger partial charge in [0.05, 0.1) is 15.3 Å². The van der Waals surface area contributed by atoms with Crippen molar-refractivity contribution in [1.82, 2.24) is 4.90 Å². The number of rotatable bonds is 1. The van der Waals surface area contributed by atoms with Crippen molar-refractivity contribution >= 4 is 28.8 Å². The first kappa shape index (κ1) is 10.9. The summed E-state index contributed by atoms with van der Waals surface area (Å²) in [4.78, 5) is 14.4. The molecule has 2 heterocycles. The Morgan fingerprint density at radius 3 is 2.67 bits per heavy atom. The van der Waals surface area contributed by atoms with Gasteiger partial charge in [-0.1, -0.05) is 11.6 Å². The summed E-state index contributed by atoms with van der Waals surface area (Å²) < 4.78 is 0.635. The maximum absolute atomic E-state index is 11.9. The van der Waals surface area contributed by atoms with Gasteiger partial charge in [0.2, 0.25) is 0 Å². The summed E-state index contributed by atoms with van der Waals surface area (Å²) in [5, 5.41) is 9.33. The summed E-state index contributed by atoms with van der Waals surface area (Å²) in [6.07, 6.45) is 1.09. The van der Waals surface area contributed by atoms with E-state index in [-0.39, 0.29) is 12.0 Å². The van der Waals surface area contributed by atoms with Crippen molar-refractivity contribution in [1.29, 1.82) is 0 Å². The molecule has 2 rings (SSSR count). The molecule has 15 heavy (non-hydrogen) atoms. The van der Waals surface area contributed by atoms with E-state index in [0.29, 0.717) is 35.1 Å². The van der Waals surface area contributed by atoms with E-state index in [1.54, 1.807) is 17.0 Å². The minimum absolute atomic E-state index is 0.0267. The largest absolute Gasteiger partial charge is 0.393 e. The summed E-state index contributed by atoms with van der Waals surface area (Å²) in [5.41, 5.74) is 0. The molecule has 1 aromatic rings. The van der Waals surface area contributed by atoms with E-state index in [1.165, 1.54) is 11.3 Å². The lowest BCUT2D eigenvalue weighted by Gasteiger charge is -2.29. The van der Waals surface area contributed by atoms with Crippen molar-refractivity contribution < 1.29 is 9.90 Å². The number of carbonyl (C=O) groups is 1. The van der Waals surface area contributed by atoms with Gasteiger partial charge in [0.25, 0.3) is 5.91 Å². The Hall–Kier alpha value is -0.580. The second kappa shape index (κ2) is 4.51. The van der Waals surface area contributed by atoms with Gasteiger partial charge in [-0.2, -0.15) is 0 Å². The summed E-state index contributed by atoms with van der Waals surface area (Å²) in [6.45, 7) is 1.27. The molecule has 0 aliphatic carbocycles. The van der Waals surface area contributed by atoms with Crippen LogP contribution in [0.5, 0.6) is 0 Å². The molecule has 82 valence electrons. The van der Waals surface area contributed by atoms with Gasteiger partial charge < -0.3 is 10.0 Å². The number of likely N-dealkylation sites (tertiary alicyclic amines) is 1. The lowest BCUT2D eigenvalue weighted by atomic mass is 10.1. The Balaban J connectivity index is 2.02. The maximum atomic E-state index is 11.9. The number of nitrogens with zero attached hydrogens (tertiary/aromatic N) is 1. The number of thiophene rings is 1. The first-order chi connectivity index (χ1) is 7.16. The molecule has 1 aliphatic heterocycles. The molecular weight excluding hydrogens is 234 g/mol. The molecule has 1 N–H and O–H groups in total. The maximum Gasteiger partial charge on any atom is 0.263 e. The number of piperidine rings is 1. The monoisotopic (exact) mass is 245 g/mol. The van der Waals surface area contributed by atoms with Gasteiger partial charge in [0.1, 0.15) is 0 Å². The summed E-state index contributed by atoms with van der Waals surface area (Å²) >= 11 is 7.08. The number of aliphatic hydroxyl groups is 1. The van der Waals surface area contributed by atoms with Crippen molar-refractivity contribution in [3.05, 3.63) is 21.3 Å². The fourth-order valence-corrected chi connectivity index (χ4v) is 2.67. The molecule has 3 nitrogen and oxygen atoms in total. The van der Waals surface area contributed by atoms with Crippen LogP contribution in [-0.2, 0) is 0 Å². The van der Waals surface area contributed by atoms with E-state index in [2.05, 4.69) is 0 Å². The fraction of sp³-hybridized carbons (Fsp3) is 0.500. The standard InChI is InChI=1S/C10H12ClNO2S/c11-9-2-1-8(15-9)10(14)12-5-3-7(13)4-6-12/h1-2,7,13H,3-6H2. The van der Waals surface area contributed by atoms with E-state index >= 15 is 0 Å². The van der Waals surface area contributed by atoms with Gasteiger partial charge in [-0.3, -0.25) is 4.79 Å². The highest BCUT2D eigenvalue weighted by molar-refractivity contribution is 7.17. The number of amides is 1. The molecule has 0 saturated carbocycles. The summed E-state index contributed by atoms with van der Waals surface area (Å²) in [6, 6.07) is 3.48. The zero-order valence-corrected chi connectivity index (χ0v) is 9.72. The molecule has 1 fully saturated rings. The van der Waals surface area contributed by atoms with Crippen LogP contribution in [0.25, 0.3) is 0 Å². The molecule has 0 bridgehead atoms. The predicted octanol–water partition coefficient (Wildman–Crippen LogP) is 2.00. The molecule has 0 unspecified atom stereocenters. The summed E-state index contributed by atoms with van der Waals surface area (Å²) in [5.74, 6) is 0.0267. The molecule has 1 aliphatic rings. The minimum atomic E-state index is -0.249. The van der Waals surface area contributed by atoms with Crippen LogP contribution < -0.4 is 0 Å². The SMILES string of the molecule is O=C(c1ccc(Cl)s1)N1CCC(O)CC1. The lowest BCUT2D eigenvalue weighted by molar-refractivity contribution is 0.0550. The van der Waals surface area contributed by atoms with Crippen LogP contribution in [0.3, 0.4) is 0 Å². The van der Waals surface area contributed by atoms with Crippen LogP contribution >= 0.6 is 22.9 Å². The molecule has 0 atom stereocenters. The quantitative estimate of drug-likeness (QED) is 0.822. The smallest absolute Gasteiger partial charge is 0.263 e. The third-order valence-electron chi connectivity index (χ3n) is 2.54. The number of aliphatic hydroxyl groups excluding tert-OH is 1. The van der Waals surface area contributed by atoms with E-state index < -0.39 is 0 Å². The number of halogens is 1. The second-order valence-corrected chi connectivity index (χ2v) is 5.34. The van der Waals surface area contributed by atoms with Crippen LogP contribution in [0, 0.1) is 0 Å². The van der Waals surface area contributed by atoms with Gasteiger partial charge in [-0.05, 0) is 25.0 Å². The van der Waals surface area contributed by atoms with Crippen molar-refractivity contribution in [3.63, 3.8) is 0 Å². The van der Waals surface area contributed by atoms with Crippen molar-refractivity contribution in [3.8, 4) is 0 Å². The Kier molecular flexibility index (Phi) is 3.29. The van der Waals surface area contributed by atoms with Crippen LogP contribution in [0.15, 0.2) is 12.1 Å². The molecule has 1 aromatic heterocycles. The molecular formula is C10H12ClNO2S. The minimum Gasteiger partial charge on any atom is -0.393 e. The van der Waals surface area contributed by atoms with Gasteiger partial charge >= 0.3 is 0 Å².